The van der Waals surface area contributed by atoms with Crippen LogP contribution in [0.2, 0.25) is 0 Å². The molecule has 0 radical (unpaired) electrons. The normalized spacial score (nSPS) is 17.1. The van der Waals surface area contributed by atoms with E-state index in [1.807, 2.05) is 48.0 Å². The highest BCUT2D eigenvalue weighted by molar-refractivity contribution is 5.64. The van der Waals surface area contributed by atoms with Crippen molar-refractivity contribution in [3.05, 3.63) is 59.8 Å². The van der Waals surface area contributed by atoms with Crippen molar-refractivity contribution in [2.75, 3.05) is 6.61 Å². The van der Waals surface area contributed by atoms with Crippen LogP contribution >= 0.6 is 0 Å². The van der Waals surface area contributed by atoms with Crippen LogP contribution in [0.1, 0.15) is 56.3 Å². The third kappa shape index (κ3) is 6.85. The van der Waals surface area contributed by atoms with Gasteiger partial charge in [-0.15, -0.1) is 0 Å². The molecule has 1 amide bonds. The van der Waals surface area contributed by atoms with Gasteiger partial charge in [-0.1, -0.05) is 5.16 Å². The monoisotopic (exact) mass is 479 g/mol. The van der Waals surface area contributed by atoms with Gasteiger partial charge >= 0.3 is 6.09 Å². The molecule has 35 heavy (non-hydrogen) atoms. The number of rotatable bonds is 8. The number of carboxylic acid groups (broad SMARTS) is 1. The quantitative estimate of drug-likeness (QED) is 0.254. The number of ether oxygens (including phenoxy) is 2. The van der Waals surface area contributed by atoms with E-state index in [4.69, 9.17) is 19.1 Å². The fourth-order valence-electron chi connectivity index (χ4n) is 3.77. The minimum absolute atomic E-state index is 0.184. The first-order valence-corrected chi connectivity index (χ1v) is 11.6. The Hall–Kier alpha value is -3.81. The smallest absolute Gasteiger partial charge is 0.406 e. The summed E-state index contributed by atoms with van der Waals surface area (Å²) >= 11 is 0. The summed E-state index contributed by atoms with van der Waals surface area (Å²) in [6.07, 6.45) is 4.78. The van der Waals surface area contributed by atoms with Crippen molar-refractivity contribution in [2.45, 2.75) is 58.2 Å². The van der Waals surface area contributed by atoms with Crippen molar-refractivity contribution in [1.29, 1.82) is 0 Å². The molecule has 2 aromatic heterocycles. The van der Waals surface area contributed by atoms with Crippen molar-refractivity contribution >= 4 is 6.09 Å². The van der Waals surface area contributed by atoms with Gasteiger partial charge in [-0.2, -0.15) is 0 Å². The van der Waals surface area contributed by atoms with Crippen LogP contribution in [0.4, 0.5) is 4.79 Å². The summed E-state index contributed by atoms with van der Waals surface area (Å²) < 4.78 is 19.3. The molecule has 0 spiro atoms. The summed E-state index contributed by atoms with van der Waals surface area (Å²) in [4.78, 5) is 15.1. The Morgan fingerprint density at radius 1 is 1.31 bits per heavy atom. The average Bonchev–Trinajstić information content (AvgIpc) is 3.50. The lowest BCUT2D eigenvalue weighted by molar-refractivity contribution is -0.188. The second-order valence-electron chi connectivity index (χ2n) is 8.31. The summed E-state index contributed by atoms with van der Waals surface area (Å²) in [5, 5.41) is 17.9. The first kappa shape index (κ1) is 24.3. The SMILES string of the molecule is CC(NC#Cc1ccc(-c2cc(Cn3ccnc3[C@H](C)OC3CCCCO3)no2)cc1)NC(=O)O. The predicted octanol–water partition coefficient (Wildman–Crippen LogP) is 3.70. The van der Waals surface area contributed by atoms with Gasteiger partial charge in [0.15, 0.2) is 12.1 Å². The molecule has 3 heterocycles. The minimum atomic E-state index is -1.11. The lowest BCUT2D eigenvalue weighted by Crippen LogP contribution is -2.40. The second-order valence-corrected chi connectivity index (χ2v) is 8.31. The van der Waals surface area contributed by atoms with Crippen LogP contribution in [0.5, 0.6) is 0 Å². The van der Waals surface area contributed by atoms with Crippen LogP contribution < -0.4 is 10.6 Å². The summed E-state index contributed by atoms with van der Waals surface area (Å²) in [5.74, 6) is 4.40. The molecule has 1 aliphatic rings. The molecule has 1 aliphatic heterocycles. The summed E-state index contributed by atoms with van der Waals surface area (Å²) in [6, 6.07) is 12.2. The molecule has 1 aromatic carbocycles. The molecule has 3 atom stereocenters. The number of nitrogens with one attached hydrogen (secondary N) is 2. The Bertz CT molecular complexity index is 1170. The lowest BCUT2D eigenvalue weighted by Gasteiger charge is -2.26. The molecule has 184 valence electrons. The molecule has 3 N–H and O–H groups in total. The van der Waals surface area contributed by atoms with Crippen molar-refractivity contribution in [2.24, 2.45) is 0 Å². The van der Waals surface area contributed by atoms with E-state index in [1.165, 1.54) is 0 Å². The number of aromatic nitrogens is 3. The van der Waals surface area contributed by atoms with E-state index in [0.717, 1.165) is 48.5 Å². The first-order valence-electron chi connectivity index (χ1n) is 11.6. The topological polar surface area (TPSA) is 124 Å². The van der Waals surface area contributed by atoms with Crippen LogP contribution in [-0.4, -0.2) is 45.0 Å². The Morgan fingerprint density at radius 3 is 2.89 bits per heavy atom. The molecule has 10 nitrogen and oxygen atoms in total. The molecule has 0 bridgehead atoms. The number of hydrogen-bond acceptors (Lipinski definition) is 7. The van der Waals surface area contributed by atoms with Gasteiger partial charge in [0.1, 0.15) is 23.8 Å². The van der Waals surface area contributed by atoms with Gasteiger partial charge in [0.2, 0.25) is 0 Å². The first-order chi connectivity index (χ1) is 17.0. The highest BCUT2D eigenvalue weighted by atomic mass is 16.7. The Kier molecular flexibility index (Phi) is 8.03. The van der Waals surface area contributed by atoms with Gasteiger partial charge in [0.05, 0.1) is 6.54 Å². The van der Waals surface area contributed by atoms with E-state index in [0.29, 0.717) is 12.3 Å². The average molecular weight is 480 g/mol. The number of hydrogen-bond donors (Lipinski definition) is 3. The zero-order valence-corrected chi connectivity index (χ0v) is 19.7. The lowest BCUT2D eigenvalue weighted by atomic mass is 10.1. The maximum absolute atomic E-state index is 10.6. The third-order valence-electron chi connectivity index (χ3n) is 5.50. The molecule has 2 unspecified atom stereocenters. The van der Waals surface area contributed by atoms with Crippen LogP contribution in [0.25, 0.3) is 11.3 Å². The van der Waals surface area contributed by atoms with Crippen molar-refractivity contribution in [3.63, 3.8) is 0 Å². The van der Waals surface area contributed by atoms with Gasteiger partial charge in [-0.25, -0.2) is 9.78 Å². The molecule has 1 fully saturated rings. The standard InChI is InChI=1S/C25H29N5O5/c1-17(34-23-5-3-4-14-33-23)24-27-12-13-30(24)16-21-15-22(35-29-21)20-8-6-19(7-9-20)10-11-26-18(2)28-25(31)32/h6-9,12-13,15,17-18,23,26,28H,3-5,14,16H2,1-2H3,(H,31,32)/t17-,18?,23?/m0/s1. The molecular formula is C25H29N5O5. The second kappa shape index (κ2) is 11.6. The van der Waals surface area contributed by atoms with E-state index >= 15 is 0 Å². The number of benzene rings is 1. The fraction of sp³-hybridized carbons (Fsp3) is 0.400. The van der Waals surface area contributed by atoms with Gasteiger partial charge in [0, 0.05) is 42.2 Å². The summed E-state index contributed by atoms with van der Waals surface area (Å²) in [6.45, 7) is 4.89. The molecule has 0 aliphatic carbocycles. The zero-order valence-electron chi connectivity index (χ0n) is 19.7. The van der Waals surface area contributed by atoms with E-state index in [-0.39, 0.29) is 12.4 Å². The van der Waals surface area contributed by atoms with Gasteiger partial charge in [-0.05, 0) is 63.3 Å². The number of nitrogens with zero attached hydrogens (tertiary/aromatic N) is 3. The van der Waals surface area contributed by atoms with Crippen LogP contribution in [-0.2, 0) is 16.0 Å². The molecule has 4 rings (SSSR count). The Labute approximate surface area is 203 Å². The van der Waals surface area contributed by atoms with Crippen LogP contribution in [0.15, 0.2) is 47.2 Å². The van der Waals surface area contributed by atoms with E-state index < -0.39 is 12.3 Å². The van der Waals surface area contributed by atoms with Crippen molar-refractivity contribution < 1.29 is 23.9 Å². The number of amides is 1. The summed E-state index contributed by atoms with van der Waals surface area (Å²) in [7, 11) is 0. The van der Waals surface area contributed by atoms with E-state index in [1.54, 1.807) is 13.1 Å². The van der Waals surface area contributed by atoms with Crippen molar-refractivity contribution in [1.82, 2.24) is 25.3 Å². The maximum atomic E-state index is 10.6. The van der Waals surface area contributed by atoms with Crippen molar-refractivity contribution in [3.8, 4) is 23.3 Å². The number of carbonyl (C=O) groups is 1. The summed E-state index contributed by atoms with van der Waals surface area (Å²) in [5.41, 5.74) is 2.43. The highest BCUT2D eigenvalue weighted by Crippen LogP contribution is 2.24. The van der Waals surface area contributed by atoms with Crippen LogP contribution in [0, 0.1) is 12.0 Å². The minimum Gasteiger partial charge on any atom is -0.465 e. The number of imidazole rings is 1. The van der Waals surface area contributed by atoms with E-state index in [9.17, 15) is 4.79 Å². The Morgan fingerprint density at radius 2 is 2.14 bits per heavy atom. The third-order valence-corrected chi connectivity index (χ3v) is 5.50. The van der Waals surface area contributed by atoms with E-state index in [2.05, 4.69) is 32.7 Å². The van der Waals surface area contributed by atoms with Gasteiger partial charge in [-0.3, -0.25) is 0 Å². The van der Waals surface area contributed by atoms with Gasteiger partial charge < -0.3 is 34.3 Å². The van der Waals surface area contributed by atoms with Crippen LogP contribution in [0.3, 0.4) is 0 Å². The molecule has 1 saturated heterocycles. The van der Waals surface area contributed by atoms with Gasteiger partial charge in [0.25, 0.3) is 0 Å². The Balaban J connectivity index is 1.35. The maximum Gasteiger partial charge on any atom is 0.406 e. The fourth-order valence-corrected chi connectivity index (χ4v) is 3.77. The highest BCUT2D eigenvalue weighted by Gasteiger charge is 2.21. The molecule has 10 heteroatoms. The molecular weight excluding hydrogens is 450 g/mol. The molecule has 0 saturated carbocycles. The zero-order chi connectivity index (χ0) is 24.6. The predicted molar refractivity (Wildman–Crippen MR) is 127 cm³/mol. The molecule has 3 aromatic rings. The largest absolute Gasteiger partial charge is 0.465 e.